The molecule has 0 unspecified atom stereocenters. The van der Waals surface area contributed by atoms with Gasteiger partial charge in [0.25, 0.3) is 5.91 Å². The van der Waals surface area contributed by atoms with E-state index in [1.165, 1.54) is 43.5 Å². The number of carbonyl (C=O) groups is 3. The Bertz CT molecular complexity index is 1420. The molecule has 0 aromatic heterocycles. The highest BCUT2D eigenvalue weighted by Crippen LogP contribution is 2.25. The fourth-order valence-electron chi connectivity index (χ4n) is 3.85. The zero-order valence-corrected chi connectivity index (χ0v) is 26.6. The van der Waals surface area contributed by atoms with Crippen LogP contribution in [0.4, 0.5) is 5.69 Å². The molecule has 0 bridgehead atoms. The number of allylic oxidation sites excluding steroid dienone is 3. The number of nitrogens with two attached hydrogens (primary N) is 2. The molecule has 0 saturated heterocycles. The molecular weight excluding hydrogens is 596 g/mol. The van der Waals surface area contributed by atoms with Crippen LogP contribution in [0.1, 0.15) is 59.8 Å². The summed E-state index contributed by atoms with van der Waals surface area (Å²) in [6, 6.07) is 8.59. The standard InChI is InChI=1S/C33H44N4O9/c1-5-23(44-15-12-21(2)3)7-6-22(36-31(39)27-19-24(45-16-13-34)8-10-26(27)32(40)41)18-30(38)37-29-11-9-25(46-17-14-35)20-28(29)33(42)43-4/h5-11,18-21,32,40-41H,12-17,34-35H2,1-4H3,(H,36,39)(H,37,38)/b7-6-,22-18-,23-5+. The zero-order valence-electron chi connectivity index (χ0n) is 26.6. The van der Waals surface area contributed by atoms with Gasteiger partial charge >= 0.3 is 5.97 Å². The Hall–Kier alpha value is -4.69. The van der Waals surface area contributed by atoms with Crippen LogP contribution in [0.15, 0.2) is 72.2 Å². The number of benzene rings is 2. The van der Waals surface area contributed by atoms with Crippen molar-refractivity contribution in [2.45, 2.75) is 33.5 Å². The summed E-state index contributed by atoms with van der Waals surface area (Å²) in [5.74, 6) is -0.624. The first-order valence-electron chi connectivity index (χ1n) is 14.7. The van der Waals surface area contributed by atoms with Crippen molar-refractivity contribution in [3.8, 4) is 11.5 Å². The number of nitrogens with one attached hydrogen (secondary N) is 2. The molecule has 13 nitrogen and oxygen atoms in total. The summed E-state index contributed by atoms with van der Waals surface area (Å²) in [6.07, 6.45) is 4.71. The van der Waals surface area contributed by atoms with Gasteiger partial charge in [0.2, 0.25) is 5.91 Å². The highest BCUT2D eigenvalue weighted by Gasteiger charge is 2.19. The Morgan fingerprint density at radius 1 is 0.913 bits per heavy atom. The Balaban J connectivity index is 2.47. The van der Waals surface area contributed by atoms with Crippen LogP contribution in [-0.4, -0.2) is 68.0 Å². The summed E-state index contributed by atoms with van der Waals surface area (Å²) >= 11 is 0. The third kappa shape index (κ3) is 12.4. The summed E-state index contributed by atoms with van der Waals surface area (Å²) in [7, 11) is 1.20. The maximum atomic E-state index is 13.5. The molecule has 46 heavy (non-hydrogen) atoms. The molecule has 0 heterocycles. The maximum Gasteiger partial charge on any atom is 0.340 e. The van der Waals surface area contributed by atoms with E-state index >= 15 is 0 Å². The molecule has 13 heteroatoms. The van der Waals surface area contributed by atoms with Crippen molar-refractivity contribution >= 4 is 23.5 Å². The smallest absolute Gasteiger partial charge is 0.340 e. The minimum atomic E-state index is -1.96. The van der Waals surface area contributed by atoms with Crippen LogP contribution < -0.4 is 31.6 Å². The first-order chi connectivity index (χ1) is 22.0. The fourth-order valence-corrected chi connectivity index (χ4v) is 3.85. The molecular formula is C33H44N4O9. The molecule has 2 amide bonds. The Kier molecular flexibility index (Phi) is 16.0. The molecule has 0 radical (unpaired) electrons. The maximum absolute atomic E-state index is 13.5. The van der Waals surface area contributed by atoms with Crippen LogP contribution in [0, 0.1) is 5.92 Å². The predicted octanol–water partition coefficient (Wildman–Crippen LogP) is 2.91. The van der Waals surface area contributed by atoms with Gasteiger partial charge in [-0.3, -0.25) is 9.59 Å². The Morgan fingerprint density at radius 3 is 2.11 bits per heavy atom. The van der Waals surface area contributed by atoms with E-state index < -0.39 is 24.1 Å². The number of aliphatic hydroxyl groups is 2. The monoisotopic (exact) mass is 640 g/mol. The molecule has 8 N–H and O–H groups in total. The third-order valence-corrected chi connectivity index (χ3v) is 6.19. The van der Waals surface area contributed by atoms with Crippen LogP contribution in [0.25, 0.3) is 0 Å². The summed E-state index contributed by atoms with van der Waals surface area (Å²) in [5.41, 5.74) is 11.0. The second-order valence-corrected chi connectivity index (χ2v) is 10.2. The molecule has 0 aliphatic heterocycles. The molecule has 0 saturated carbocycles. The van der Waals surface area contributed by atoms with E-state index in [0.29, 0.717) is 24.0 Å². The number of aliphatic hydroxyl groups excluding tert-OH is 1. The van der Waals surface area contributed by atoms with Gasteiger partial charge in [-0.15, -0.1) is 0 Å². The highest BCUT2D eigenvalue weighted by atomic mass is 16.5. The van der Waals surface area contributed by atoms with E-state index in [0.717, 1.165) is 12.5 Å². The fraction of sp³-hybridized carbons (Fsp3) is 0.364. The second kappa shape index (κ2) is 19.6. The molecule has 0 aliphatic rings. The molecule has 250 valence electrons. The lowest BCUT2D eigenvalue weighted by Crippen LogP contribution is -2.25. The van der Waals surface area contributed by atoms with Crippen LogP contribution in [0.2, 0.25) is 0 Å². The van der Waals surface area contributed by atoms with Crippen molar-refractivity contribution in [1.29, 1.82) is 0 Å². The molecule has 0 atom stereocenters. The molecule has 0 aliphatic carbocycles. The van der Waals surface area contributed by atoms with Crippen LogP contribution in [0.5, 0.6) is 11.5 Å². The number of hydrogen-bond acceptors (Lipinski definition) is 11. The van der Waals surface area contributed by atoms with Crippen molar-refractivity contribution in [1.82, 2.24) is 5.32 Å². The first-order valence-corrected chi connectivity index (χ1v) is 14.7. The van der Waals surface area contributed by atoms with Crippen molar-refractivity contribution in [3.05, 3.63) is 88.8 Å². The first kappa shape index (κ1) is 37.5. The zero-order chi connectivity index (χ0) is 34.1. The lowest BCUT2D eigenvalue weighted by Gasteiger charge is -2.15. The minimum absolute atomic E-state index is 0.0171. The van der Waals surface area contributed by atoms with Crippen LogP contribution in [0.3, 0.4) is 0 Å². The van der Waals surface area contributed by atoms with Crippen LogP contribution >= 0.6 is 0 Å². The number of methoxy groups -OCH3 is 1. The number of anilines is 1. The number of carbonyl (C=O) groups excluding carboxylic acids is 3. The average Bonchev–Trinajstić information content (AvgIpc) is 3.03. The van der Waals surface area contributed by atoms with E-state index in [1.807, 2.05) is 0 Å². The lowest BCUT2D eigenvalue weighted by molar-refractivity contribution is -0.112. The summed E-state index contributed by atoms with van der Waals surface area (Å²) in [6.45, 7) is 7.27. The molecule has 0 spiro atoms. The third-order valence-electron chi connectivity index (χ3n) is 6.19. The largest absolute Gasteiger partial charge is 0.494 e. The van der Waals surface area contributed by atoms with Crippen molar-refractivity contribution < 1.29 is 43.5 Å². The number of hydrogen-bond donors (Lipinski definition) is 6. The van der Waals surface area contributed by atoms with E-state index in [4.69, 9.17) is 30.4 Å². The second-order valence-electron chi connectivity index (χ2n) is 10.2. The number of esters is 1. The average molecular weight is 641 g/mol. The molecule has 0 fully saturated rings. The SMILES string of the molecule is C\C=C(/C=C\C(=C\C(=O)Nc1ccc(OCCN)cc1C(=O)OC)NC(=O)c1cc(OCCN)ccc1C(O)O)OCCC(C)C. The topological polar surface area (TPSA) is 205 Å². The van der Waals surface area contributed by atoms with Gasteiger partial charge in [-0.05, 0) is 73.9 Å². The number of ether oxygens (including phenoxy) is 4. The van der Waals surface area contributed by atoms with E-state index in [9.17, 15) is 24.6 Å². The minimum Gasteiger partial charge on any atom is -0.494 e. The normalized spacial score (nSPS) is 12.0. The van der Waals surface area contributed by atoms with E-state index in [2.05, 4.69) is 24.5 Å². The molecule has 2 aromatic carbocycles. The molecule has 2 rings (SSSR count). The lowest BCUT2D eigenvalue weighted by atomic mass is 10.1. The number of rotatable bonds is 18. The van der Waals surface area contributed by atoms with Gasteiger partial charge in [0.05, 0.1) is 30.5 Å². The van der Waals surface area contributed by atoms with Gasteiger partial charge in [0, 0.05) is 30.4 Å². The van der Waals surface area contributed by atoms with Crippen molar-refractivity contribution in [2.75, 3.05) is 45.3 Å². The summed E-state index contributed by atoms with van der Waals surface area (Å²) in [5, 5.41) is 25.0. The quantitative estimate of drug-likeness (QED) is 0.0459. The van der Waals surface area contributed by atoms with Gasteiger partial charge in [-0.2, -0.15) is 0 Å². The van der Waals surface area contributed by atoms with Gasteiger partial charge in [-0.25, -0.2) is 4.79 Å². The highest BCUT2D eigenvalue weighted by molar-refractivity contribution is 6.06. The van der Waals surface area contributed by atoms with E-state index in [1.54, 1.807) is 25.1 Å². The molecule has 2 aromatic rings. The van der Waals surface area contributed by atoms with Gasteiger partial charge in [0.1, 0.15) is 30.5 Å². The van der Waals surface area contributed by atoms with Gasteiger partial charge in [0.15, 0.2) is 6.29 Å². The van der Waals surface area contributed by atoms with Crippen LogP contribution in [-0.2, 0) is 14.3 Å². The summed E-state index contributed by atoms with van der Waals surface area (Å²) < 4.78 is 21.6. The Morgan fingerprint density at radius 2 is 1.54 bits per heavy atom. The van der Waals surface area contributed by atoms with Gasteiger partial charge < -0.3 is 51.3 Å². The van der Waals surface area contributed by atoms with Gasteiger partial charge in [-0.1, -0.05) is 13.8 Å². The van der Waals surface area contributed by atoms with Crippen molar-refractivity contribution in [2.24, 2.45) is 17.4 Å². The predicted molar refractivity (Wildman–Crippen MR) is 173 cm³/mol. The Labute approximate surface area is 268 Å². The van der Waals surface area contributed by atoms with E-state index in [-0.39, 0.29) is 60.1 Å². The summed E-state index contributed by atoms with van der Waals surface area (Å²) in [4.78, 5) is 39.2. The van der Waals surface area contributed by atoms with Crippen molar-refractivity contribution in [3.63, 3.8) is 0 Å². The number of amides is 2.